The highest BCUT2D eigenvalue weighted by atomic mass is 79.9. The zero-order valence-corrected chi connectivity index (χ0v) is 20.7. The fourth-order valence-electron chi connectivity index (χ4n) is 3.30. The quantitative estimate of drug-likeness (QED) is 0.302. The molecule has 0 saturated carbocycles. The number of amides is 2. The maximum absolute atomic E-state index is 13.0. The highest BCUT2D eigenvalue weighted by Gasteiger charge is 2.35. The van der Waals surface area contributed by atoms with Crippen LogP contribution >= 0.6 is 39.3 Å². The molecule has 168 valence electrons. The summed E-state index contributed by atoms with van der Waals surface area (Å²) >= 11 is 10.6. The molecule has 0 N–H and O–H groups in total. The first-order chi connectivity index (χ1) is 16.0. The number of para-hydroxylation sites is 1. The molecule has 0 atom stereocenters. The minimum Gasteiger partial charge on any atom is -0.493 e. The number of carbonyl (C=O) groups excluding carboxylic acids is 2. The fraction of sp³-hybridized carbons (Fsp3) is 0.120. The number of methoxy groups -OCH3 is 1. The van der Waals surface area contributed by atoms with Gasteiger partial charge in [0.1, 0.15) is 6.61 Å². The van der Waals surface area contributed by atoms with Crippen LogP contribution in [0, 0.1) is 0 Å². The van der Waals surface area contributed by atoms with E-state index in [2.05, 4.69) is 15.9 Å². The largest absolute Gasteiger partial charge is 0.493 e. The summed E-state index contributed by atoms with van der Waals surface area (Å²) in [6.45, 7) is 0.418. The Kier molecular flexibility index (Phi) is 7.42. The SMILES string of the molecule is COc1cccc(/C=C2\SC(=O)N(Cc3ccccc3Br)C2=O)c1OCc1ccccc1Cl. The third-order valence-corrected chi connectivity index (χ3v) is 7.06. The van der Waals surface area contributed by atoms with E-state index in [9.17, 15) is 9.59 Å². The van der Waals surface area contributed by atoms with Crippen LogP contribution in [0.4, 0.5) is 4.79 Å². The molecule has 0 aliphatic carbocycles. The van der Waals surface area contributed by atoms with Crippen molar-refractivity contribution in [2.45, 2.75) is 13.2 Å². The molecule has 0 spiro atoms. The fourth-order valence-corrected chi connectivity index (χ4v) is 4.73. The number of hydrogen-bond donors (Lipinski definition) is 0. The molecule has 1 heterocycles. The summed E-state index contributed by atoms with van der Waals surface area (Å²) in [4.78, 5) is 27.2. The number of thioether (sulfide) groups is 1. The second kappa shape index (κ2) is 10.5. The van der Waals surface area contributed by atoms with E-state index in [0.29, 0.717) is 27.0 Å². The van der Waals surface area contributed by atoms with Crippen molar-refractivity contribution in [3.63, 3.8) is 0 Å². The van der Waals surface area contributed by atoms with E-state index in [1.807, 2.05) is 48.5 Å². The highest BCUT2D eigenvalue weighted by molar-refractivity contribution is 9.10. The number of nitrogens with zero attached hydrogens (tertiary/aromatic N) is 1. The van der Waals surface area contributed by atoms with Crippen molar-refractivity contribution in [2.24, 2.45) is 0 Å². The summed E-state index contributed by atoms with van der Waals surface area (Å²) in [5.74, 6) is 0.640. The Balaban J connectivity index is 1.60. The van der Waals surface area contributed by atoms with Gasteiger partial charge in [-0.2, -0.15) is 0 Å². The van der Waals surface area contributed by atoms with Crippen LogP contribution in [-0.2, 0) is 17.9 Å². The van der Waals surface area contributed by atoms with Gasteiger partial charge >= 0.3 is 0 Å². The third-order valence-electron chi connectivity index (χ3n) is 5.01. The highest BCUT2D eigenvalue weighted by Crippen LogP contribution is 2.38. The van der Waals surface area contributed by atoms with Gasteiger partial charge in [-0.15, -0.1) is 0 Å². The van der Waals surface area contributed by atoms with Crippen molar-refractivity contribution in [1.82, 2.24) is 4.90 Å². The third kappa shape index (κ3) is 5.27. The molecule has 33 heavy (non-hydrogen) atoms. The molecular weight excluding hydrogens is 526 g/mol. The van der Waals surface area contributed by atoms with E-state index < -0.39 is 0 Å². The maximum Gasteiger partial charge on any atom is 0.293 e. The Morgan fingerprint density at radius 1 is 1.00 bits per heavy atom. The van der Waals surface area contributed by atoms with Gasteiger partial charge in [-0.25, -0.2) is 0 Å². The van der Waals surface area contributed by atoms with E-state index in [4.69, 9.17) is 21.1 Å². The monoisotopic (exact) mass is 543 g/mol. The number of benzene rings is 3. The second-order valence-corrected chi connectivity index (χ2v) is 9.37. The van der Waals surface area contributed by atoms with Crippen molar-refractivity contribution in [1.29, 1.82) is 0 Å². The standard InChI is InChI=1S/C25H19BrClNO4S/c1-31-21-12-6-9-16(23(21)32-15-18-8-3-5-11-20(18)27)13-22-24(29)28(25(30)33-22)14-17-7-2-4-10-19(17)26/h2-13H,14-15H2,1H3/b22-13-. The van der Waals surface area contributed by atoms with Crippen molar-refractivity contribution < 1.29 is 19.1 Å². The van der Waals surface area contributed by atoms with E-state index in [0.717, 1.165) is 27.4 Å². The van der Waals surface area contributed by atoms with Crippen LogP contribution in [0.15, 0.2) is 76.1 Å². The lowest BCUT2D eigenvalue weighted by atomic mass is 10.1. The van der Waals surface area contributed by atoms with Gasteiger partial charge in [0.25, 0.3) is 11.1 Å². The van der Waals surface area contributed by atoms with Gasteiger partial charge in [0, 0.05) is 20.6 Å². The summed E-state index contributed by atoms with van der Waals surface area (Å²) < 4.78 is 12.4. The molecule has 3 aromatic carbocycles. The summed E-state index contributed by atoms with van der Waals surface area (Å²) in [5, 5.41) is 0.283. The normalized spacial score (nSPS) is 14.8. The van der Waals surface area contributed by atoms with E-state index >= 15 is 0 Å². The predicted octanol–water partition coefficient (Wildman–Crippen LogP) is 6.93. The second-order valence-electron chi connectivity index (χ2n) is 7.12. The molecule has 5 nitrogen and oxygen atoms in total. The number of carbonyl (C=O) groups is 2. The summed E-state index contributed by atoms with van der Waals surface area (Å²) in [6.07, 6.45) is 1.66. The average molecular weight is 545 g/mol. The summed E-state index contributed by atoms with van der Waals surface area (Å²) in [6, 6.07) is 20.3. The molecule has 4 rings (SSSR count). The molecule has 1 saturated heterocycles. The lowest BCUT2D eigenvalue weighted by Crippen LogP contribution is -2.27. The van der Waals surface area contributed by atoms with Gasteiger partial charge in [0.05, 0.1) is 18.6 Å². The van der Waals surface area contributed by atoms with Crippen LogP contribution < -0.4 is 9.47 Å². The maximum atomic E-state index is 13.0. The minimum atomic E-state index is -0.347. The molecule has 0 aromatic heterocycles. The summed E-state index contributed by atoms with van der Waals surface area (Å²) in [7, 11) is 1.55. The van der Waals surface area contributed by atoms with E-state index in [1.165, 1.54) is 4.90 Å². The Hall–Kier alpha value is -2.74. The van der Waals surface area contributed by atoms with Crippen LogP contribution in [0.25, 0.3) is 6.08 Å². The molecule has 1 fully saturated rings. The minimum absolute atomic E-state index is 0.192. The zero-order valence-electron chi connectivity index (χ0n) is 17.6. The van der Waals surface area contributed by atoms with Crippen molar-refractivity contribution >= 4 is 56.5 Å². The van der Waals surface area contributed by atoms with E-state index in [1.54, 1.807) is 31.4 Å². The Labute approximate surface area is 209 Å². The molecule has 0 unspecified atom stereocenters. The molecule has 1 aliphatic heterocycles. The van der Waals surface area contributed by atoms with Crippen molar-refractivity contribution in [2.75, 3.05) is 7.11 Å². The summed E-state index contributed by atoms with van der Waals surface area (Å²) in [5.41, 5.74) is 2.31. The lowest BCUT2D eigenvalue weighted by Gasteiger charge is -2.15. The topological polar surface area (TPSA) is 55.8 Å². The van der Waals surface area contributed by atoms with Gasteiger partial charge < -0.3 is 9.47 Å². The molecule has 3 aromatic rings. The van der Waals surface area contributed by atoms with Gasteiger partial charge in [0.2, 0.25) is 0 Å². The molecule has 2 amide bonds. The Bertz CT molecular complexity index is 1250. The van der Waals surface area contributed by atoms with Gasteiger partial charge in [-0.1, -0.05) is 76.1 Å². The number of imide groups is 1. The van der Waals surface area contributed by atoms with Gasteiger partial charge in [-0.05, 0) is 41.6 Å². The van der Waals surface area contributed by atoms with Crippen LogP contribution in [-0.4, -0.2) is 23.2 Å². The van der Waals surface area contributed by atoms with Crippen LogP contribution in [0.5, 0.6) is 11.5 Å². The zero-order chi connectivity index (χ0) is 23.4. The van der Waals surface area contributed by atoms with Gasteiger partial charge in [0.15, 0.2) is 11.5 Å². The molecule has 0 bridgehead atoms. The molecule has 1 aliphatic rings. The number of halogens is 2. The van der Waals surface area contributed by atoms with Crippen LogP contribution in [0.1, 0.15) is 16.7 Å². The van der Waals surface area contributed by atoms with Gasteiger partial charge in [-0.3, -0.25) is 14.5 Å². The average Bonchev–Trinajstić information content (AvgIpc) is 3.07. The molecular formula is C25H19BrClNO4S. The first-order valence-corrected chi connectivity index (χ1v) is 12.0. The lowest BCUT2D eigenvalue weighted by molar-refractivity contribution is -0.123. The first-order valence-electron chi connectivity index (χ1n) is 10.00. The molecule has 0 radical (unpaired) electrons. The van der Waals surface area contributed by atoms with Crippen LogP contribution in [0.2, 0.25) is 5.02 Å². The predicted molar refractivity (Wildman–Crippen MR) is 134 cm³/mol. The molecule has 8 heteroatoms. The van der Waals surface area contributed by atoms with E-state index in [-0.39, 0.29) is 24.3 Å². The number of rotatable bonds is 7. The first kappa shape index (κ1) is 23.4. The van der Waals surface area contributed by atoms with Crippen LogP contribution in [0.3, 0.4) is 0 Å². The smallest absolute Gasteiger partial charge is 0.293 e. The number of hydrogen-bond acceptors (Lipinski definition) is 5. The van der Waals surface area contributed by atoms with Crippen molar-refractivity contribution in [3.05, 3.63) is 97.8 Å². The number of ether oxygens (including phenoxy) is 2. The Morgan fingerprint density at radius 3 is 2.45 bits per heavy atom. The Morgan fingerprint density at radius 2 is 1.73 bits per heavy atom. The van der Waals surface area contributed by atoms with Crippen molar-refractivity contribution in [3.8, 4) is 11.5 Å².